The van der Waals surface area contributed by atoms with E-state index in [0.29, 0.717) is 50.3 Å². The van der Waals surface area contributed by atoms with Crippen LogP contribution in [0.15, 0.2) is 36.4 Å². The van der Waals surface area contributed by atoms with Gasteiger partial charge in [0.2, 0.25) is 6.04 Å². The number of hydrogen-bond donors (Lipinski definition) is 2. The molecule has 0 saturated heterocycles. The average Bonchev–Trinajstić information content (AvgIpc) is 2.99. The van der Waals surface area contributed by atoms with Gasteiger partial charge in [-0.1, -0.05) is 59.2 Å². The van der Waals surface area contributed by atoms with Crippen LogP contribution in [0, 0.1) is 20.2 Å². The van der Waals surface area contributed by atoms with E-state index in [1.807, 2.05) is 0 Å². The molecule has 15 heteroatoms. The van der Waals surface area contributed by atoms with Gasteiger partial charge in [-0.05, 0) is 67.6 Å². The Morgan fingerprint density at radius 2 is 1.19 bits per heavy atom. The normalized spacial score (nSPS) is 15.8. The van der Waals surface area contributed by atoms with E-state index in [2.05, 4.69) is 0 Å². The SMILES string of the molecule is CO.C[O-].O=Cc1cc(Cl)cc(Cl)c1.O=[N+]([O-])C1(C(O)c2cc(Cl)cc(Cl)c2)CCCCC1.O=[N+]([O-])C1CCCCC1.[Na+]. The summed E-state index contributed by atoms with van der Waals surface area (Å²) >= 11 is 23.0. The van der Waals surface area contributed by atoms with Crippen molar-refractivity contribution in [2.24, 2.45) is 0 Å². The summed E-state index contributed by atoms with van der Waals surface area (Å²) in [5.41, 5.74) is -0.402. The van der Waals surface area contributed by atoms with Gasteiger partial charge in [0.15, 0.2) is 0 Å². The molecule has 0 radical (unpaired) electrons. The number of carbonyl (C=O) groups excluding carboxylic acids is 1. The predicted molar refractivity (Wildman–Crippen MR) is 164 cm³/mol. The molecule has 1 atom stereocenters. The third-order valence-electron chi connectivity index (χ3n) is 6.69. The number of rotatable bonds is 5. The zero-order valence-corrected chi connectivity index (χ0v) is 29.5. The van der Waals surface area contributed by atoms with Crippen LogP contribution >= 0.6 is 46.4 Å². The molecule has 0 aromatic heterocycles. The topological polar surface area (TPSA) is 167 Å². The van der Waals surface area contributed by atoms with Gasteiger partial charge in [0.1, 0.15) is 12.4 Å². The molecule has 4 rings (SSSR count). The fourth-order valence-electron chi connectivity index (χ4n) is 4.70. The zero-order valence-electron chi connectivity index (χ0n) is 24.5. The van der Waals surface area contributed by atoms with Crippen molar-refractivity contribution in [3.63, 3.8) is 0 Å². The Balaban J connectivity index is 0. The molecular formula is C28H37Cl4N2NaO8. The van der Waals surface area contributed by atoms with Gasteiger partial charge in [-0.2, -0.15) is 7.11 Å². The van der Waals surface area contributed by atoms with Crippen LogP contribution in [0.2, 0.25) is 20.1 Å². The molecule has 2 aliphatic rings. The first-order valence-electron chi connectivity index (χ1n) is 13.2. The minimum absolute atomic E-state index is 0. The van der Waals surface area contributed by atoms with E-state index < -0.39 is 11.6 Å². The van der Waals surface area contributed by atoms with Crippen LogP contribution in [0.25, 0.3) is 0 Å². The number of benzene rings is 2. The van der Waals surface area contributed by atoms with Gasteiger partial charge in [-0.15, -0.1) is 0 Å². The number of aldehydes is 1. The number of nitro groups is 2. The van der Waals surface area contributed by atoms with Crippen molar-refractivity contribution in [3.05, 3.63) is 87.8 Å². The first-order chi connectivity index (χ1) is 20.0. The third-order valence-corrected chi connectivity index (χ3v) is 7.56. The van der Waals surface area contributed by atoms with Crippen molar-refractivity contribution in [3.8, 4) is 0 Å². The van der Waals surface area contributed by atoms with E-state index in [1.54, 1.807) is 24.3 Å². The third kappa shape index (κ3) is 15.7. The van der Waals surface area contributed by atoms with E-state index in [1.165, 1.54) is 18.6 Å². The molecule has 1 unspecified atom stereocenters. The summed E-state index contributed by atoms with van der Waals surface area (Å²) < 4.78 is 0. The molecule has 2 fully saturated rings. The molecule has 0 heterocycles. The van der Waals surface area contributed by atoms with E-state index in [9.17, 15) is 30.1 Å². The van der Waals surface area contributed by atoms with E-state index >= 15 is 0 Å². The molecule has 0 aliphatic heterocycles. The summed E-state index contributed by atoms with van der Waals surface area (Å²) in [7, 11) is 1.75. The summed E-state index contributed by atoms with van der Waals surface area (Å²) in [6.07, 6.45) is 7.65. The number of carbonyl (C=O) groups is 1. The average molecular weight is 694 g/mol. The fourth-order valence-corrected chi connectivity index (χ4v) is 5.78. The molecule has 0 amide bonds. The summed E-state index contributed by atoms with van der Waals surface area (Å²) in [4.78, 5) is 31.3. The maximum Gasteiger partial charge on any atom is 1.00 e. The second-order valence-corrected chi connectivity index (χ2v) is 11.2. The molecule has 2 N–H and O–H groups in total. The molecule has 10 nitrogen and oxygen atoms in total. The van der Waals surface area contributed by atoms with Crippen molar-refractivity contribution in [1.82, 2.24) is 0 Å². The van der Waals surface area contributed by atoms with Crippen LogP contribution < -0.4 is 34.7 Å². The van der Waals surface area contributed by atoms with Crippen molar-refractivity contribution in [1.29, 1.82) is 0 Å². The number of nitrogens with zero attached hydrogens (tertiary/aromatic N) is 2. The first kappa shape index (κ1) is 44.1. The molecule has 43 heavy (non-hydrogen) atoms. The van der Waals surface area contributed by atoms with Crippen LogP contribution in [-0.4, -0.2) is 52.1 Å². The van der Waals surface area contributed by atoms with Gasteiger partial charge in [0, 0.05) is 68.3 Å². The Kier molecular flexibility index (Phi) is 24.8. The number of hydrogen-bond acceptors (Lipinski definition) is 8. The van der Waals surface area contributed by atoms with Crippen LogP contribution in [-0.2, 0) is 0 Å². The molecule has 2 saturated carbocycles. The smallest absolute Gasteiger partial charge is 0.857 e. The largest absolute Gasteiger partial charge is 1.00 e. The minimum Gasteiger partial charge on any atom is -0.857 e. The first-order valence-corrected chi connectivity index (χ1v) is 14.7. The fraction of sp³-hybridized carbons (Fsp3) is 0.536. The Labute approximate surface area is 294 Å². The molecule has 0 bridgehead atoms. The Bertz CT molecular complexity index is 1080. The molecule has 236 valence electrons. The Morgan fingerprint density at radius 3 is 1.53 bits per heavy atom. The quantitative estimate of drug-likeness (QED) is 0.205. The molecule has 0 spiro atoms. The Morgan fingerprint density at radius 1 is 0.791 bits per heavy atom. The maximum atomic E-state index is 11.4. The number of halogens is 4. The van der Waals surface area contributed by atoms with Crippen LogP contribution in [0.3, 0.4) is 0 Å². The van der Waals surface area contributed by atoms with Crippen LogP contribution in [0.1, 0.15) is 86.2 Å². The van der Waals surface area contributed by atoms with Crippen molar-refractivity contribution >= 4 is 52.7 Å². The number of aliphatic hydroxyl groups is 2. The van der Waals surface area contributed by atoms with Gasteiger partial charge >= 0.3 is 29.6 Å². The van der Waals surface area contributed by atoms with E-state index in [4.69, 9.17) is 56.6 Å². The molecular weight excluding hydrogens is 657 g/mol. The minimum atomic E-state index is -1.31. The van der Waals surface area contributed by atoms with Gasteiger partial charge < -0.3 is 15.3 Å². The summed E-state index contributed by atoms with van der Waals surface area (Å²) in [6, 6.07) is 9.09. The van der Waals surface area contributed by atoms with Gasteiger partial charge in [0.05, 0.1) is 0 Å². The molecule has 2 aromatic carbocycles. The second kappa shape index (κ2) is 24.2. The van der Waals surface area contributed by atoms with Crippen molar-refractivity contribution in [2.45, 2.75) is 81.9 Å². The summed E-state index contributed by atoms with van der Waals surface area (Å²) in [6.45, 7) is 0. The van der Waals surface area contributed by atoms with E-state index in [0.717, 1.165) is 59.2 Å². The van der Waals surface area contributed by atoms with Gasteiger partial charge in [-0.3, -0.25) is 25.0 Å². The van der Waals surface area contributed by atoms with E-state index in [-0.39, 0.29) is 45.4 Å². The second-order valence-electron chi connectivity index (χ2n) is 9.42. The van der Waals surface area contributed by atoms with Gasteiger partial charge in [-0.25, -0.2) is 0 Å². The van der Waals surface area contributed by atoms with Crippen LogP contribution in [0.4, 0.5) is 0 Å². The standard InChI is InChI=1S/C13H15Cl2NO3.C7H4Cl2O.C6H11NO2.CH4O.CH3O.Na/c14-10-6-9(7-11(15)8-10)12(17)13(16(18)19)4-2-1-3-5-13;8-6-1-5(4-10)2-7(9)3-6;8-7(9)6-4-2-1-3-5-6;2*1-2;/h6-8,12,17H,1-5H2;1-4H;6H,1-5H2;2H,1H3;1H3;/q;;;;-1;+1. The van der Waals surface area contributed by atoms with Gasteiger partial charge in [0.25, 0.3) is 5.54 Å². The van der Waals surface area contributed by atoms with Crippen molar-refractivity contribution < 1.29 is 59.5 Å². The van der Waals surface area contributed by atoms with Crippen LogP contribution in [0.5, 0.6) is 0 Å². The van der Waals surface area contributed by atoms with Crippen molar-refractivity contribution in [2.75, 3.05) is 14.2 Å². The molecule has 2 aliphatic carbocycles. The summed E-state index contributed by atoms with van der Waals surface area (Å²) in [5.74, 6) is 0. The Hall–Kier alpha value is -1.05. The predicted octanol–water partition coefficient (Wildman–Crippen LogP) is 4.00. The zero-order chi connectivity index (χ0) is 32.3. The summed E-state index contributed by atoms with van der Waals surface area (Å²) in [5, 5.41) is 49.0. The maximum absolute atomic E-state index is 11.4. The number of aliphatic hydroxyl groups excluding tert-OH is 2. The monoisotopic (exact) mass is 692 g/mol. The molecule has 2 aromatic rings.